The molecule has 1 aliphatic rings. The second-order valence-electron chi connectivity index (χ2n) is 7.82. The van der Waals surface area contributed by atoms with Crippen LogP contribution in [-0.4, -0.2) is 17.5 Å². The molecule has 0 saturated carbocycles. The molecule has 0 spiro atoms. The molecule has 1 aliphatic heterocycles. The predicted octanol–water partition coefficient (Wildman–Crippen LogP) is 5.69. The van der Waals surface area contributed by atoms with E-state index in [4.69, 9.17) is 14.2 Å². The lowest BCUT2D eigenvalue weighted by Gasteiger charge is -2.13. The smallest absolute Gasteiger partial charge is 0.231 e. The molecule has 5 heteroatoms. The summed E-state index contributed by atoms with van der Waals surface area (Å²) in [5, 5.41) is 1.08. The summed E-state index contributed by atoms with van der Waals surface area (Å²) in [6.45, 7) is 2.26. The van der Waals surface area contributed by atoms with Crippen molar-refractivity contribution in [3.05, 3.63) is 94.9 Å². The molecule has 5 rings (SSSR count). The predicted molar refractivity (Wildman–Crippen MR) is 124 cm³/mol. The van der Waals surface area contributed by atoms with Gasteiger partial charge in [0.2, 0.25) is 5.78 Å². The van der Waals surface area contributed by atoms with Gasteiger partial charge in [0.1, 0.15) is 23.9 Å². The molecule has 0 fully saturated rings. The summed E-state index contributed by atoms with van der Waals surface area (Å²) in [7, 11) is 3.63. The Morgan fingerprint density at radius 1 is 1.00 bits per heavy atom. The van der Waals surface area contributed by atoms with Gasteiger partial charge in [-0.05, 0) is 37.3 Å². The highest BCUT2D eigenvalue weighted by molar-refractivity contribution is 6.15. The Morgan fingerprint density at radius 3 is 2.62 bits per heavy atom. The summed E-state index contributed by atoms with van der Waals surface area (Å²) in [4.78, 5) is 13.0. The zero-order valence-corrected chi connectivity index (χ0v) is 18.2. The van der Waals surface area contributed by atoms with Crippen LogP contribution in [0.2, 0.25) is 0 Å². The molecule has 0 N–H and O–H groups in total. The summed E-state index contributed by atoms with van der Waals surface area (Å²) in [6, 6.07) is 19.4. The number of allylic oxidation sites excluding steroid dienone is 1. The maximum atomic E-state index is 13.0. The number of carbonyl (C=O) groups excluding carboxylic acids is 1. The van der Waals surface area contributed by atoms with Crippen LogP contribution < -0.4 is 14.2 Å². The Kier molecular flexibility index (Phi) is 4.94. The molecule has 0 unspecified atom stereocenters. The standard InChI is InChI=1S/C27H23NO4/c1-17-23(31-16-18-8-4-7-11-24(18)30-3)13-12-21-26(29)25(32-27(17)21)14-19-15-28(2)22-10-6-5-9-20(19)22/h4-15H,16H2,1-3H3/b25-14-. The number of benzene rings is 3. The fourth-order valence-corrected chi connectivity index (χ4v) is 4.13. The summed E-state index contributed by atoms with van der Waals surface area (Å²) >= 11 is 0. The first-order chi connectivity index (χ1) is 15.6. The van der Waals surface area contributed by atoms with E-state index in [0.29, 0.717) is 29.4 Å². The number of aryl methyl sites for hydroxylation is 1. The number of para-hydroxylation sites is 2. The van der Waals surface area contributed by atoms with Gasteiger partial charge in [0, 0.05) is 40.8 Å². The maximum absolute atomic E-state index is 13.0. The van der Waals surface area contributed by atoms with Crippen LogP contribution in [0, 0.1) is 6.92 Å². The summed E-state index contributed by atoms with van der Waals surface area (Å²) in [6.07, 6.45) is 3.82. The Morgan fingerprint density at radius 2 is 1.78 bits per heavy atom. The average Bonchev–Trinajstić information content (AvgIpc) is 3.31. The molecule has 32 heavy (non-hydrogen) atoms. The molecular weight excluding hydrogens is 402 g/mol. The third-order valence-electron chi connectivity index (χ3n) is 5.83. The molecule has 160 valence electrons. The minimum absolute atomic E-state index is 0.118. The zero-order valence-electron chi connectivity index (χ0n) is 18.2. The monoisotopic (exact) mass is 425 g/mol. The molecule has 0 amide bonds. The molecule has 0 bridgehead atoms. The number of fused-ring (bicyclic) bond motifs is 2. The van der Waals surface area contributed by atoms with Crippen molar-refractivity contribution in [2.24, 2.45) is 7.05 Å². The number of aromatic nitrogens is 1. The van der Waals surface area contributed by atoms with Gasteiger partial charge in [-0.3, -0.25) is 4.79 Å². The molecule has 0 aliphatic carbocycles. The number of methoxy groups -OCH3 is 1. The lowest BCUT2D eigenvalue weighted by Crippen LogP contribution is -2.00. The molecule has 1 aromatic heterocycles. The summed E-state index contributed by atoms with van der Waals surface area (Å²) < 4.78 is 19.5. The topological polar surface area (TPSA) is 49.7 Å². The van der Waals surface area contributed by atoms with Crippen LogP contribution >= 0.6 is 0 Å². The van der Waals surface area contributed by atoms with Crippen molar-refractivity contribution in [2.75, 3.05) is 7.11 Å². The number of hydrogen-bond donors (Lipinski definition) is 0. The number of ether oxygens (including phenoxy) is 3. The highest BCUT2D eigenvalue weighted by Gasteiger charge is 2.30. The van der Waals surface area contributed by atoms with Crippen molar-refractivity contribution in [3.63, 3.8) is 0 Å². The zero-order chi connectivity index (χ0) is 22.2. The fourth-order valence-electron chi connectivity index (χ4n) is 4.13. The number of rotatable bonds is 5. The fraction of sp³-hybridized carbons (Fsp3) is 0.148. The van der Waals surface area contributed by atoms with Gasteiger partial charge in [-0.1, -0.05) is 36.4 Å². The Hall–Kier alpha value is -3.99. The highest BCUT2D eigenvalue weighted by Crippen LogP contribution is 2.40. The average molecular weight is 425 g/mol. The van der Waals surface area contributed by atoms with E-state index in [1.165, 1.54) is 0 Å². The van der Waals surface area contributed by atoms with E-state index < -0.39 is 0 Å². The minimum Gasteiger partial charge on any atom is -0.496 e. The first-order valence-electron chi connectivity index (χ1n) is 10.4. The van der Waals surface area contributed by atoms with Gasteiger partial charge in [-0.15, -0.1) is 0 Å². The van der Waals surface area contributed by atoms with Gasteiger partial charge in [0.05, 0.1) is 12.7 Å². The first kappa shape index (κ1) is 19.9. The van der Waals surface area contributed by atoms with Crippen LogP contribution in [0.5, 0.6) is 17.2 Å². The van der Waals surface area contributed by atoms with Crippen LogP contribution in [0.15, 0.2) is 72.6 Å². The van der Waals surface area contributed by atoms with E-state index in [9.17, 15) is 4.79 Å². The molecule has 0 saturated heterocycles. The van der Waals surface area contributed by atoms with Gasteiger partial charge in [-0.25, -0.2) is 0 Å². The first-order valence-corrected chi connectivity index (χ1v) is 10.4. The molecule has 2 heterocycles. The summed E-state index contributed by atoms with van der Waals surface area (Å²) in [5.41, 5.74) is 4.35. The molecule has 0 atom stereocenters. The van der Waals surface area contributed by atoms with Crippen molar-refractivity contribution < 1.29 is 19.0 Å². The second kappa shape index (κ2) is 7.93. The molecular formula is C27H23NO4. The van der Waals surface area contributed by atoms with Gasteiger partial charge < -0.3 is 18.8 Å². The van der Waals surface area contributed by atoms with E-state index in [0.717, 1.165) is 33.3 Å². The molecule has 0 radical (unpaired) electrons. The van der Waals surface area contributed by atoms with Crippen molar-refractivity contribution in [3.8, 4) is 17.2 Å². The molecule has 3 aromatic carbocycles. The second-order valence-corrected chi connectivity index (χ2v) is 7.82. The maximum Gasteiger partial charge on any atom is 0.231 e. The van der Waals surface area contributed by atoms with Crippen LogP contribution in [-0.2, 0) is 13.7 Å². The third-order valence-corrected chi connectivity index (χ3v) is 5.83. The van der Waals surface area contributed by atoms with Gasteiger partial charge in [-0.2, -0.15) is 0 Å². The van der Waals surface area contributed by atoms with E-state index >= 15 is 0 Å². The lowest BCUT2D eigenvalue weighted by atomic mass is 10.1. The third kappa shape index (κ3) is 3.32. The van der Waals surface area contributed by atoms with E-state index in [1.54, 1.807) is 13.2 Å². The Balaban J connectivity index is 1.43. The van der Waals surface area contributed by atoms with Gasteiger partial charge >= 0.3 is 0 Å². The normalized spacial score (nSPS) is 14.0. The van der Waals surface area contributed by atoms with Crippen LogP contribution in [0.25, 0.3) is 17.0 Å². The quantitative estimate of drug-likeness (QED) is 0.386. The largest absolute Gasteiger partial charge is 0.496 e. The number of Topliss-reactive ketones (excluding diaryl/α,β-unsaturated/α-hetero) is 1. The summed E-state index contributed by atoms with van der Waals surface area (Å²) in [5.74, 6) is 2.21. The number of ketones is 1. The SMILES string of the molecule is COc1ccccc1COc1ccc2c(c1C)O/C(=C\c1cn(C)c3ccccc13)C2=O. The molecule has 4 aromatic rings. The number of carbonyl (C=O) groups is 1. The Labute approximate surface area is 186 Å². The van der Waals surface area contributed by atoms with Crippen LogP contribution in [0.4, 0.5) is 0 Å². The van der Waals surface area contributed by atoms with Crippen LogP contribution in [0.3, 0.4) is 0 Å². The van der Waals surface area contributed by atoms with E-state index in [2.05, 4.69) is 6.07 Å². The highest BCUT2D eigenvalue weighted by atomic mass is 16.5. The van der Waals surface area contributed by atoms with E-state index in [-0.39, 0.29) is 5.78 Å². The van der Waals surface area contributed by atoms with Gasteiger partial charge in [0.15, 0.2) is 5.76 Å². The van der Waals surface area contributed by atoms with Crippen molar-refractivity contribution in [1.82, 2.24) is 4.57 Å². The van der Waals surface area contributed by atoms with Gasteiger partial charge in [0.25, 0.3) is 0 Å². The molecule has 5 nitrogen and oxygen atoms in total. The van der Waals surface area contributed by atoms with Crippen molar-refractivity contribution >= 4 is 22.8 Å². The number of hydrogen-bond acceptors (Lipinski definition) is 4. The van der Waals surface area contributed by atoms with Crippen LogP contribution in [0.1, 0.15) is 27.0 Å². The van der Waals surface area contributed by atoms with Crippen molar-refractivity contribution in [2.45, 2.75) is 13.5 Å². The van der Waals surface area contributed by atoms with E-state index in [1.807, 2.05) is 79.3 Å². The number of nitrogens with zero attached hydrogens (tertiary/aromatic N) is 1. The minimum atomic E-state index is -0.118. The Bertz CT molecular complexity index is 1380. The van der Waals surface area contributed by atoms with Crippen molar-refractivity contribution in [1.29, 1.82) is 0 Å². The lowest BCUT2D eigenvalue weighted by molar-refractivity contribution is 0.101.